The summed E-state index contributed by atoms with van der Waals surface area (Å²) in [4.78, 5) is 15.2. The number of nitrogens with one attached hydrogen (secondary N) is 2. The first kappa shape index (κ1) is 16.6. The molecule has 1 aromatic heterocycles. The third kappa shape index (κ3) is 4.87. The fourth-order valence-electron chi connectivity index (χ4n) is 1.77. The van der Waals surface area contributed by atoms with Crippen LogP contribution < -0.4 is 10.6 Å². The quantitative estimate of drug-likeness (QED) is 0.739. The predicted octanol–water partition coefficient (Wildman–Crippen LogP) is 2.65. The molecule has 0 bridgehead atoms. The summed E-state index contributed by atoms with van der Waals surface area (Å²) < 4.78 is 37.5. The molecule has 0 radical (unpaired) electrons. The lowest BCUT2D eigenvalue weighted by molar-refractivity contribution is -0.141. The van der Waals surface area contributed by atoms with E-state index in [-0.39, 0.29) is 30.6 Å². The number of phenols is 1. The number of rotatable bonds is 5. The van der Waals surface area contributed by atoms with Crippen LogP contribution in [0.3, 0.4) is 0 Å². The van der Waals surface area contributed by atoms with Gasteiger partial charge in [-0.3, -0.25) is 4.79 Å². The molecule has 0 aliphatic heterocycles. The lowest BCUT2D eigenvalue weighted by Gasteiger charge is -2.10. The molecular formula is C15H14F3N3O2. The van der Waals surface area contributed by atoms with Crippen LogP contribution in [-0.2, 0) is 6.18 Å². The highest BCUT2D eigenvalue weighted by Gasteiger charge is 2.32. The smallest absolute Gasteiger partial charge is 0.433 e. The molecule has 3 N–H and O–H groups in total. The number of hydrogen-bond acceptors (Lipinski definition) is 4. The Balaban J connectivity index is 1.81. The second-order valence-electron chi connectivity index (χ2n) is 4.64. The summed E-state index contributed by atoms with van der Waals surface area (Å²) >= 11 is 0. The molecule has 1 aromatic carbocycles. The average Bonchev–Trinajstić information content (AvgIpc) is 2.51. The number of phenolic OH excluding ortho intramolecular Hbond substituents is 1. The number of pyridine rings is 1. The molecule has 0 atom stereocenters. The number of amides is 1. The van der Waals surface area contributed by atoms with Crippen molar-refractivity contribution < 1.29 is 23.1 Å². The van der Waals surface area contributed by atoms with Crippen molar-refractivity contribution in [1.29, 1.82) is 0 Å². The van der Waals surface area contributed by atoms with E-state index in [0.717, 1.165) is 6.07 Å². The molecular weight excluding hydrogens is 311 g/mol. The highest BCUT2D eigenvalue weighted by molar-refractivity contribution is 5.94. The Labute approximate surface area is 130 Å². The van der Waals surface area contributed by atoms with E-state index in [4.69, 9.17) is 5.11 Å². The van der Waals surface area contributed by atoms with Crippen LogP contribution in [0.5, 0.6) is 5.75 Å². The van der Waals surface area contributed by atoms with Gasteiger partial charge in [0, 0.05) is 18.7 Å². The summed E-state index contributed by atoms with van der Waals surface area (Å²) in [6, 6.07) is 9.26. The molecule has 122 valence electrons. The van der Waals surface area contributed by atoms with Gasteiger partial charge in [0.25, 0.3) is 5.91 Å². The largest absolute Gasteiger partial charge is 0.508 e. The monoisotopic (exact) mass is 325 g/mol. The Morgan fingerprint density at radius 1 is 1.09 bits per heavy atom. The fraction of sp³-hybridized carbons (Fsp3) is 0.200. The van der Waals surface area contributed by atoms with Gasteiger partial charge in [-0.15, -0.1) is 0 Å². The Morgan fingerprint density at radius 3 is 2.43 bits per heavy atom. The molecule has 1 amide bonds. The summed E-state index contributed by atoms with van der Waals surface area (Å²) in [5.74, 6) is -0.207. The van der Waals surface area contributed by atoms with Crippen LogP contribution >= 0.6 is 0 Å². The molecule has 1 heterocycles. The molecule has 2 rings (SSSR count). The number of aromatic hydroxyl groups is 1. The van der Waals surface area contributed by atoms with Crippen molar-refractivity contribution >= 4 is 11.7 Å². The second kappa shape index (κ2) is 6.99. The Morgan fingerprint density at radius 2 is 1.78 bits per heavy atom. The van der Waals surface area contributed by atoms with Crippen LogP contribution in [0.15, 0.2) is 42.5 Å². The summed E-state index contributed by atoms with van der Waals surface area (Å²) in [6.45, 7) is 0.426. The molecule has 5 nitrogen and oxygen atoms in total. The van der Waals surface area contributed by atoms with Gasteiger partial charge in [0.15, 0.2) is 0 Å². The van der Waals surface area contributed by atoms with Crippen molar-refractivity contribution in [2.24, 2.45) is 0 Å². The number of anilines is 1. The van der Waals surface area contributed by atoms with Gasteiger partial charge in [0.2, 0.25) is 0 Å². The van der Waals surface area contributed by atoms with Crippen molar-refractivity contribution in [2.45, 2.75) is 6.18 Å². The highest BCUT2D eigenvalue weighted by atomic mass is 19.4. The second-order valence-corrected chi connectivity index (χ2v) is 4.64. The average molecular weight is 325 g/mol. The summed E-state index contributed by atoms with van der Waals surface area (Å²) in [5, 5.41) is 14.4. The maximum absolute atomic E-state index is 12.5. The molecule has 0 aliphatic carbocycles. The zero-order valence-electron chi connectivity index (χ0n) is 11.9. The van der Waals surface area contributed by atoms with Gasteiger partial charge < -0.3 is 15.7 Å². The summed E-state index contributed by atoms with van der Waals surface area (Å²) in [5.41, 5.74) is -0.601. The van der Waals surface area contributed by atoms with Crippen molar-refractivity contribution in [3.05, 3.63) is 53.7 Å². The van der Waals surface area contributed by atoms with Crippen LogP contribution in [-0.4, -0.2) is 29.1 Å². The Kier molecular flexibility index (Phi) is 5.05. The van der Waals surface area contributed by atoms with E-state index in [0.29, 0.717) is 5.56 Å². The van der Waals surface area contributed by atoms with E-state index in [2.05, 4.69) is 15.6 Å². The van der Waals surface area contributed by atoms with E-state index >= 15 is 0 Å². The molecule has 23 heavy (non-hydrogen) atoms. The van der Waals surface area contributed by atoms with Crippen molar-refractivity contribution in [3.63, 3.8) is 0 Å². The zero-order chi connectivity index (χ0) is 16.9. The molecule has 0 saturated heterocycles. The lowest BCUT2D eigenvalue weighted by Crippen LogP contribution is -2.28. The van der Waals surface area contributed by atoms with E-state index in [9.17, 15) is 18.0 Å². The summed E-state index contributed by atoms with van der Waals surface area (Å²) in [7, 11) is 0. The van der Waals surface area contributed by atoms with Gasteiger partial charge in [0.05, 0.1) is 0 Å². The standard InChI is InChI=1S/C15H14F3N3O2/c16-15(17,18)12-2-1-3-13(21-12)19-8-9-20-14(23)10-4-6-11(22)7-5-10/h1-7,22H,8-9H2,(H,19,21)(H,20,23). The summed E-state index contributed by atoms with van der Waals surface area (Å²) in [6.07, 6.45) is -4.50. The predicted molar refractivity (Wildman–Crippen MR) is 78.2 cm³/mol. The van der Waals surface area contributed by atoms with Gasteiger partial charge in [-0.25, -0.2) is 4.98 Å². The first-order chi connectivity index (χ1) is 10.9. The van der Waals surface area contributed by atoms with Crippen molar-refractivity contribution in [2.75, 3.05) is 18.4 Å². The molecule has 2 aromatic rings. The van der Waals surface area contributed by atoms with E-state index in [1.165, 1.54) is 36.4 Å². The van der Waals surface area contributed by atoms with Crippen LogP contribution in [0.1, 0.15) is 16.1 Å². The topological polar surface area (TPSA) is 74.2 Å². The number of carbonyl (C=O) groups is 1. The van der Waals surface area contributed by atoms with Crippen LogP contribution in [0.4, 0.5) is 19.0 Å². The van der Waals surface area contributed by atoms with E-state index in [1.807, 2.05) is 0 Å². The minimum atomic E-state index is -4.50. The minimum absolute atomic E-state index is 0.0545. The van der Waals surface area contributed by atoms with Crippen LogP contribution in [0.25, 0.3) is 0 Å². The number of aromatic nitrogens is 1. The zero-order valence-corrected chi connectivity index (χ0v) is 11.9. The lowest BCUT2D eigenvalue weighted by atomic mass is 10.2. The van der Waals surface area contributed by atoms with Crippen molar-refractivity contribution in [1.82, 2.24) is 10.3 Å². The highest BCUT2D eigenvalue weighted by Crippen LogP contribution is 2.27. The molecule has 0 aliphatic rings. The molecule has 8 heteroatoms. The maximum Gasteiger partial charge on any atom is 0.433 e. The third-order valence-electron chi connectivity index (χ3n) is 2.89. The number of benzene rings is 1. The van der Waals surface area contributed by atoms with Crippen molar-refractivity contribution in [3.8, 4) is 5.75 Å². The SMILES string of the molecule is O=C(NCCNc1cccc(C(F)(F)F)n1)c1ccc(O)cc1. The van der Waals surface area contributed by atoms with Gasteiger partial charge in [-0.05, 0) is 36.4 Å². The van der Waals surface area contributed by atoms with Gasteiger partial charge in [-0.2, -0.15) is 13.2 Å². The van der Waals surface area contributed by atoms with Crippen LogP contribution in [0.2, 0.25) is 0 Å². The maximum atomic E-state index is 12.5. The number of carbonyl (C=O) groups excluding carboxylic acids is 1. The third-order valence-corrected chi connectivity index (χ3v) is 2.89. The van der Waals surface area contributed by atoms with Crippen LogP contribution in [0, 0.1) is 0 Å². The van der Waals surface area contributed by atoms with Gasteiger partial charge in [0.1, 0.15) is 17.3 Å². The Hall–Kier alpha value is -2.77. The number of nitrogens with zero attached hydrogens (tertiary/aromatic N) is 1. The first-order valence-electron chi connectivity index (χ1n) is 6.71. The molecule has 0 spiro atoms. The fourth-order valence-corrected chi connectivity index (χ4v) is 1.77. The normalized spacial score (nSPS) is 11.1. The molecule has 0 unspecified atom stereocenters. The Bertz CT molecular complexity index is 672. The van der Waals surface area contributed by atoms with E-state index < -0.39 is 11.9 Å². The van der Waals surface area contributed by atoms with Gasteiger partial charge >= 0.3 is 6.18 Å². The van der Waals surface area contributed by atoms with Gasteiger partial charge in [-0.1, -0.05) is 6.07 Å². The number of alkyl halides is 3. The molecule has 0 saturated carbocycles. The van der Waals surface area contributed by atoms with E-state index in [1.54, 1.807) is 0 Å². The molecule has 0 fully saturated rings. The number of halogens is 3. The minimum Gasteiger partial charge on any atom is -0.508 e. The first-order valence-corrected chi connectivity index (χ1v) is 6.71. The number of hydrogen-bond donors (Lipinski definition) is 3.